The maximum Gasteiger partial charge on any atom is 0.335 e. The Balaban J connectivity index is 1.56. The van der Waals surface area contributed by atoms with E-state index in [-0.39, 0.29) is 17.7 Å². The number of ether oxygens (including phenoxy) is 1. The van der Waals surface area contributed by atoms with Gasteiger partial charge in [0.15, 0.2) is 0 Å². The van der Waals surface area contributed by atoms with Crippen LogP contribution in [0.2, 0.25) is 0 Å². The van der Waals surface area contributed by atoms with Crippen molar-refractivity contribution in [3.8, 4) is 17.6 Å². The van der Waals surface area contributed by atoms with Crippen molar-refractivity contribution in [2.45, 2.75) is 13.0 Å². The van der Waals surface area contributed by atoms with Gasteiger partial charge in [0.05, 0.1) is 42.6 Å². The number of hydrogen-bond acceptors (Lipinski definition) is 5. The molecule has 1 N–H and O–H groups in total. The predicted molar refractivity (Wildman–Crippen MR) is 120 cm³/mol. The molecule has 2 heterocycles. The van der Waals surface area contributed by atoms with Gasteiger partial charge < -0.3 is 9.84 Å². The molecule has 0 spiro atoms. The second kappa shape index (κ2) is 9.14. The van der Waals surface area contributed by atoms with E-state index in [0.717, 1.165) is 16.9 Å². The van der Waals surface area contributed by atoms with Gasteiger partial charge in [0.25, 0.3) is 5.56 Å². The number of aromatic carboxylic acids is 1. The zero-order valence-corrected chi connectivity index (χ0v) is 17.3. The summed E-state index contributed by atoms with van der Waals surface area (Å²) in [5.74, 6) is 5.88. The first-order valence-electron chi connectivity index (χ1n) is 9.83. The van der Waals surface area contributed by atoms with Gasteiger partial charge in [0.1, 0.15) is 11.4 Å². The number of aromatic nitrogens is 3. The number of rotatable bonds is 5. The molecule has 0 aliphatic heterocycles. The lowest BCUT2D eigenvalue weighted by Gasteiger charge is -2.07. The number of carboxylic acids is 1. The van der Waals surface area contributed by atoms with Gasteiger partial charge in [-0.05, 0) is 47.4 Å². The molecule has 2 aromatic heterocycles. The molecule has 0 amide bonds. The zero-order chi connectivity index (χ0) is 22.5. The van der Waals surface area contributed by atoms with Crippen LogP contribution in [0.4, 0.5) is 0 Å². The minimum Gasteiger partial charge on any atom is -0.497 e. The van der Waals surface area contributed by atoms with Crippen LogP contribution in [0.1, 0.15) is 27.2 Å². The highest BCUT2D eigenvalue weighted by Gasteiger charge is 2.07. The van der Waals surface area contributed by atoms with Crippen LogP contribution < -0.4 is 10.3 Å². The lowest BCUT2D eigenvalue weighted by atomic mass is 10.1. The van der Waals surface area contributed by atoms with Gasteiger partial charge in [0, 0.05) is 6.42 Å². The number of fused-ring (bicyclic) bond motifs is 1. The van der Waals surface area contributed by atoms with Crippen molar-refractivity contribution in [3.05, 3.63) is 99.9 Å². The fourth-order valence-electron chi connectivity index (χ4n) is 3.17. The van der Waals surface area contributed by atoms with Gasteiger partial charge in [0.2, 0.25) is 0 Å². The second-order valence-electron chi connectivity index (χ2n) is 7.09. The molecule has 0 radical (unpaired) electrons. The third-order valence-electron chi connectivity index (χ3n) is 4.93. The van der Waals surface area contributed by atoms with Crippen molar-refractivity contribution in [1.29, 1.82) is 0 Å². The molecule has 0 bridgehead atoms. The Labute approximate surface area is 184 Å². The van der Waals surface area contributed by atoms with E-state index in [1.54, 1.807) is 31.5 Å². The average Bonchev–Trinajstić information content (AvgIpc) is 2.82. The van der Waals surface area contributed by atoms with E-state index in [1.807, 2.05) is 24.3 Å². The summed E-state index contributed by atoms with van der Waals surface area (Å²) in [6.45, 7) is 0.280. The van der Waals surface area contributed by atoms with Crippen molar-refractivity contribution >= 4 is 16.9 Å². The number of methoxy groups -OCH3 is 1. The summed E-state index contributed by atoms with van der Waals surface area (Å²) in [6, 6.07) is 15.7. The molecule has 0 saturated carbocycles. The van der Waals surface area contributed by atoms with Crippen LogP contribution in [-0.2, 0) is 13.0 Å². The van der Waals surface area contributed by atoms with E-state index in [4.69, 9.17) is 9.84 Å². The molecule has 0 unspecified atom stereocenters. The molecule has 7 heteroatoms. The van der Waals surface area contributed by atoms with Gasteiger partial charge >= 0.3 is 5.97 Å². The molecule has 0 aliphatic rings. The molecule has 0 fully saturated rings. The van der Waals surface area contributed by atoms with E-state index >= 15 is 0 Å². The number of hydrogen-bond donors (Lipinski definition) is 1. The van der Waals surface area contributed by atoms with Gasteiger partial charge in [-0.1, -0.05) is 30.2 Å². The molecule has 7 nitrogen and oxygen atoms in total. The molecule has 4 rings (SSSR count). The predicted octanol–water partition coefficient (Wildman–Crippen LogP) is 3.14. The van der Waals surface area contributed by atoms with Crippen LogP contribution in [0.3, 0.4) is 0 Å². The Morgan fingerprint density at radius 2 is 1.78 bits per heavy atom. The van der Waals surface area contributed by atoms with Crippen molar-refractivity contribution < 1.29 is 14.6 Å². The van der Waals surface area contributed by atoms with Crippen molar-refractivity contribution in [2.24, 2.45) is 0 Å². The number of pyridine rings is 1. The smallest absolute Gasteiger partial charge is 0.335 e. The number of nitrogens with zero attached hydrogens (tertiary/aromatic N) is 3. The van der Waals surface area contributed by atoms with E-state index in [1.165, 1.54) is 23.0 Å². The SMILES string of the molecule is COc1ccc(CC#Cc2cc3c(=O)n(Cc4ccc(C(=O)O)cc4)cnc3cn2)cc1. The third-order valence-corrected chi connectivity index (χ3v) is 4.93. The zero-order valence-electron chi connectivity index (χ0n) is 17.3. The molecule has 2 aromatic carbocycles. The van der Waals surface area contributed by atoms with E-state index in [0.29, 0.717) is 23.0 Å². The van der Waals surface area contributed by atoms with E-state index in [2.05, 4.69) is 21.8 Å². The maximum atomic E-state index is 13.0. The Morgan fingerprint density at radius 1 is 1.06 bits per heavy atom. The molecule has 0 atom stereocenters. The van der Waals surface area contributed by atoms with Gasteiger partial charge in [-0.2, -0.15) is 0 Å². The summed E-state index contributed by atoms with van der Waals surface area (Å²) in [6.07, 6.45) is 3.56. The number of carboxylic acid groups (broad SMARTS) is 1. The molecule has 158 valence electrons. The highest BCUT2D eigenvalue weighted by atomic mass is 16.5. The molecule has 0 aliphatic carbocycles. The Kier molecular flexibility index (Phi) is 5.95. The minimum atomic E-state index is -0.991. The monoisotopic (exact) mass is 425 g/mol. The van der Waals surface area contributed by atoms with E-state index in [9.17, 15) is 9.59 Å². The first-order chi connectivity index (χ1) is 15.5. The standard InChI is InChI=1S/C25H19N3O4/c1-32-21-11-7-17(8-12-21)3-2-4-20-13-22-23(14-26-20)27-16-28(24(22)29)15-18-5-9-19(10-6-18)25(30)31/h5-14,16H,3,15H2,1H3,(H,30,31). The fourth-order valence-corrected chi connectivity index (χ4v) is 3.17. The summed E-state index contributed by atoms with van der Waals surface area (Å²) in [5, 5.41) is 9.44. The minimum absolute atomic E-state index is 0.196. The normalized spacial score (nSPS) is 10.4. The van der Waals surface area contributed by atoms with Crippen molar-refractivity contribution in [2.75, 3.05) is 7.11 Å². The highest BCUT2D eigenvalue weighted by Crippen LogP contribution is 2.12. The maximum absolute atomic E-state index is 13.0. The Bertz CT molecular complexity index is 1400. The largest absolute Gasteiger partial charge is 0.497 e. The number of carbonyl (C=O) groups is 1. The lowest BCUT2D eigenvalue weighted by Crippen LogP contribution is -2.21. The van der Waals surface area contributed by atoms with Gasteiger partial charge in [-0.25, -0.2) is 14.8 Å². The van der Waals surface area contributed by atoms with Gasteiger partial charge in [-0.3, -0.25) is 9.36 Å². The Hall–Kier alpha value is -4.44. The van der Waals surface area contributed by atoms with Crippen molar-refractivity contribution in [3.63, 3.8) is 0 Å². The lowest BCUT2D eigenvalue weighted by molar-refractivity contribution is 0.0697. The van der Waals surface area contributed by atoms with E-state index < -0.39 is 5.97 Å². The van der Waals surface area contributed by atoms with Crippen LogP contribution in [0, 0.1) is 11.8 Å². The van der Waals surface area contributed by atoms with Crippen LogP contribution in [-0.4, -0.2) is 32.7 Å². The molecule has 0 saturated heterocycles. The first kappa shape index (κ1) is 20.8. The summed E-state index contributed by atoms with van der Waals surface area (Å²) in [4.78, 5) is 32.6. The number of benzene rings is 2. The summed E-state index contributed by atoms with van der Waals surface area (Å²) in [5.41, 5.74) is 2.82. The first-order valence-corrected chi connectivity index (χ1v) is 9.83. The molecular weight excluding hydrogens is 406 g/mol. The summed E-state index contributed by atoms with van der Waals surface area (Å²) < 4.78 is 6.63. The van der Waals surface area contributed by atoms with Crippen LogP contribution >= 0.6 is 0 Å². The molecule has 4 aromatic rings. The molecule has 32 heavy (non-hydrogen) atoms. The van der Waals surface area contributed by atoms with Gasteiger partial charge in [-0.15, -0.1) is 0 Å². The summed E-state index contributed by atoms with van der Waals surface area (Å²) >= 11 is 0. The van der Waals surface area contributed by atoms with Crippen molar-refractivity contribution in [1.82, 2.24) is 14.5 Å². The second-order valence-corrected chi connectivity index (χ2v) is 7.09. The topological polar surface area (TPSA) is 94.3 Å². The quantitative estimate of drug-likeness (QED) is 0.494. The third kappa shape index (κ3) is 4.65. The fraction of sp³-hybridized carbons (Fsp3) is 0.120. The Morgan fingerprint density at radius 3 is 2.47 bits per heavy atom. The average molecular weight is 425 g/mol. The molecular formula is C25H19N3O4. The van der Waals surface area contributed by atoms with Crippen LogP contribution in [0.15, 0.2) is 71.9 Å². The van der Waals surface area contributed by atoms with Crippen LogP contribution in [0.25, 0.3) is 10.9 Å². The highest BCUT2D eigenvalue weighted by molar-refractivity contribution is 5.87. The summed E-state index contributed by atoms with van der Waals surface area (Å²) in [7, 11) is 1.62. The van der Waals surface area contributed by atoms with Crippen LogP contribution in [0.5, 0.6) is 5.75 Å².